The second-order valence-electron chi connectivity index (χ2n) is 5.18. The summed E-state index contributed by atoms with van der Waals surface area (Å²) >= 11 is 0. The van der Waals surface area contributed by atoms with E-state index in [2.05, 4.69) is 10.3 Å². The van der Waals surface area contributed by atoms with Crippen LogP contribution in [-0.2, 0) is 11.3 Å². The maximum absolute atomic E-state index is 12.1. The molecule has 0 radical (unpaired) electrons. The lowest BCUT2D eigenvalue weighted by molar-refractivity contribution is -0.127. The van der Waals surface area contributed by atoms with Crippen LogP contribution in [0, 0.1) is 0 Å². The molecule has 0 saturated heterocycles. The molecule has 1 aromatic carbocycles. The van der Waals surface area contributed by atoms with Crippen molar-refractivity contribution in [3.63, 3.8) is 0 Å². The van der Waals surface area contributed by atoms with Gasteiger partial charge in [0.1, 0.15) is 5.75 Å². The number of hydrogen-bond donors (Lipinski definition) is 1. The summed E-state index contributed by atoms with van der Waals surface area (Å²) in [7, 11) is 0. The maximum atomic E-state index is 12.1. The molecule has 0 fully saturated rings. The standard InChI is InChI=1S/C16H17N3O5/c1-11(24-12-2-3-13-14(8-12)23-10-22-13)16(21)18-6-7-19-9-17-5-4-15(19)20/h2-5,8-9,11H,6-7,10H2,1H3,(H,18,21). The van der Waals surface area contributed by atoms with Gasteiger partial charge in [0.05, 0.1) is 6.33 Å². The van der Waals surface area contributed by atoms with E-state index in [1.807, 2.05) is 0 Å². The molecule has 8 heteroatoms. The lowest BCUT2D eigenvalue weighted by Crippen LogP contribution is -2.38. The van der Waals surface area contributed by atoms with E-state index in [4.69, 9.17) is 14.2 Å². The van der Waals surface area contributed by atoms with Crippen LogP contribution in [0.4, 0.5) is 0 Å². The molecule has 1 atom stereocenters. The van der Waals surface area contributed by atoms with Gasteiger partial charge in [0, 0.05) is 31.4 Å². The molecule has 0 saturated carbocycles. The number of amides is 1. The molecule has 1 aromatic heterocycles. The first-order valence-electron chi connectivity index (χ1n) is 7.48. The molecular formula is C16H17N3O5. The predicted molar refractivity (Wildman–Crippen MR) is 84.2 cm³/mol. The van der Waals surface area contributed by atoms with Gasteiger partial charge in [-0.1, -0.05) is 0 Å². The second kappa shape index (κ2) is 7.03. The number of carbonyl (C=O) groups excluding carboxylic acids is 1. The van der Waals surface area contributed by atoms with E-state index >= 15 is 0 Å². The van der Waals surface area contributed by atoms with E-state index in [1.54, 1.807) is 25.1 Å². The van der Waals surface area contributed by atoms with Crippen molar-refractivity contribution >= 4 is 5.91 Å². The Morgan fingerprint density at radius 2 is 2.21 bits per heavy atom. The zero-order valence-electron chi connectivity index (χ0n) is 13.1. The molecule has 1 amide bonds. The summed E-state index contributed by atoms with van der Waals surface area (Å²) in [4.78, 5) is 27.5. The zero-order chi connectivity index (χ0) is 16.9. The third kappa shape index (κ3) is 3.65. The Kier molecular flexibility index (Phi) is 4.64. The highest BCUT2D eigenvalue weighted by molar-refractivity contribution is 5.80. The second-order valence-corrected chi connectivity index (χ2v) is 5.18. The highest BCUT2D eigenvalue weighted by Crippen LogP contribution is 2.35. The third-order valence-corrected chi connectivity index (χ3v) is 3.47. The smallest absolute Gasteiger partial charge is 0.260 e. The van der Waals surface area contributed by atoms with Crippen LogP contribution in [0.15, 0.2) is 41.6 Å². The molecule has 0 aliphatic carbocycles. The number of rotatable bonds is 6. The lowest BCUT2D eigenvalue weighted by Gasteiger charge is -2.15. The van der Waals surface area contributed by atoms with Crippen LogP contribution >= 0.6 is 0 Å². The fourth-order valence-electron chi connectivity index (χ4n) is 2.20. The molecule has 1 N–H and O–H groups in total. The van der Waals surface area contributed by atoms with Crippen LogP contribution in [-0.4, -0.2) is 34.9 Å². The van der Waals surface area contributed by atoms with E-state index in [1.165, 1.54) is 23.2 Å². The van der Waals surface area contributed by atoms with E-state index in [-0.39, 0.29) is 18.3 Å². The predicted octanol–water partition coefficient (Wildman–Crippen LogP) is 0.556. The summed E-state index contributed by atoms with van der Waals surface area (Å²) in [5.74, 6) is 1.49. The van der Waals surface area contributed by atoms with Gasteiger partial charge < -0.3 is 19.5 Å². The Labute approximate surface area is 138 Å². The molecule has 3 rings (SSSR count). The van der Waals surface area contributed by atoms with Crippen LogP contribution in [0.2, 0.25) is 0 Å². The minimum Gasteiger partial charge on any atom is -0.481 e. The van der Waals surface area contributed by atoms with Crippen molar-refractivity contribution in [1.82, 2.24) is 14.9 Å². The minimum atomic E-state index is -0.684. The normalized spacial score (nSPS) is 13.4. The van der Waals surface area contributed by atoms with Gasteiger partial charge in [-0.25, -0.2) is 4.98 Å². The van der Waals surface area contributed by atoms with Gasteiger partial charge in [-0.2, -0.15) is 0 Å². The van der Waals surface area contributed by atoms with Crippen molar-refractivity contribution in [3.05, 3.63) is 47.1 Å². The Balaban J connectivity index is 1.50. The van der Waals surface area contributed by atoms with Crippen molar-refractivity contribution < 1.29 is 19.0 Å². The van der Waals surface area contributed by atoms with Crippen LogP contribution in [0.1, 0.15) is 6.92 Å². The molecule has 0 bridgehead atoms. The van der Waals surface area contributed by atoms with Gasteiger partial charge in [-0.15, -0.1) is 0 Å². The number of aromatic nitrogens is 2. The average molecular weight is 331 g/mol. The first kappa shape index (κ1) is 15.9. The van der Waals surface area contributed by atoms with E-state index in [0.29, 0.717) is 30.3 Å². The zero-order valence-corrected chi connectivity index (χ0v) is 13.1. The molecule has 2 heterocycles. The maximum Gasteiger partial charge on any atom is 0.260 e. The van der Waals surface area contributed by atoms with Crippen molar-refractivity contribution in [2.24, 2.45) is 0 Å². The quantitative estimate of drug-likeness (QED) is 0.831. The first-order chi connectivity index (χ1) is 11.6. The van der Waals surface area contributed by atoms with Gasteiger partial charge in [-0.3, -0.25) is 14.2 Å². The Morgan fingerprint density at radius 3 is 3.04 bits per heavy atom. The lowest BCUT2D eigenvalue weighted by atomic mass is 10.3. The van der Waals surface area contributed by atoms with Gasteiger partial charge >= 0.3 is 0 Å². The molecule has 1 aliphatic rings. The average Bonchev–Trinajstić information content (AvgIpc) is 3.04. The number of fused-ring (bicyclic) bond motifs is 1. The molecule has 1 unspecified atom stereocenters. The number of ether oxygens (including phenoxy) is 3. The molecule has 126 valence electrons. The fourth-order valence-corrected chi connectivity index (χ4v) is 2.20. The van der Waals surface area contributed by atoms with Gasteiger partial charge in [0.2, 0.25) is 6.79 Å². The van der Waals surface area contributed by atoms with E-state index in [9.17, 15) is 9.59 Å². The molecular weight excluding hydrogens is 314 g/mol. The first-order valence-corrected chi connectivity index (χ1v) is 7.48. The van der Waals surface area contributed by atoms with Gasteiger partial charge in [0.15, 0.2) is 17.6 Å². The number of nitrogens with one attached hydrogen (secondary N) is 1. The van der Waals surface area contributed by atoms with Crippen LogP contribution < -0.4 is 25.1 Å². The summed E-state index contributed by atoms with van der Waals surface area (Å²) in [6.07, 6.45) is 2.18. The van der Waals surface area contributed by atoms with Crippen molar-refractivity contribution in [2.75, 3.05) is 13.3 Å². The molecule has 24 heavy (non-hydrogen) atoms. The molecule has 8 nitrogen and oxygen atoms in total. The van der Waals surface area contributed by atoms with Gasteiger partial charge in [0.25, 0.3) is 11.5 Å². The minimum absolute atomic E-state index is 0.163. The van der Waals surface area contributed by atoms with Crippen molar-refractivity contribution in [3.8, 4) is 17.2 Å². The van der Waals surface area contributed by atoms with Crippen LogP contribution in [0.3, 0.4) is 0 Å². The van der Waals surface area contributed by atoms with Gasteiger partial charge in [-0.05, 0) is 19.1 Å². The highest BCUT2D eigenvalue weighted by atomic mass is 16.7. The molecule has 2 aromatic rings. The van der Waals surface area contributed by atoms with Crippen molar-refractivity contribution in [2.45, 2.75) is 19.6 Å². The Bertz CT molecular complexity index is 789. The van der Waals surface area contributed by atoms with E-state index < -0.39 is 6.10 Å². The highest BCUT2D eigenvalue weighted by Gasteiger charge is 2.18. The fraction of sp³-hybridized carbons (Fsp3) is 0.312. The number of nitrogens with zero attached hydrogens (tertiary/aromatic N) is 2. The molecule has 1 aliphatic heterocycles. The summed E-state index contributed by atoms with van der Waals surface area (Å²) in [5, 5.41) is 2.72. The van der Waals surface area contributed by atoms with Crippen LogP contribution in [0.25, 0.3) is 0 Å². The SMILES string of the molecule is CC(Oc1ccc2c(c1)OCO2)C(=O)NCCn1cnccc1=O. The monoisotopic (exact) mass is 331 g/mol. The van der Waals surface area contributed by atoms with Crippen LogP contribution in [0.5, 0.6) is 17.2 Å². The number of hydrogen-bond acceptors (Lipinski definition) is 6. The third-order valence-electron chi connectivity index (χ3n) is 3.47. The summed E-state index contributed by atoms with van der Waals surface area (Å²) in [6.45, 7) is 2.48. The van der Waals surface area contributed by atoms with E-state index in [0.717, 1.165) is 0 Å². The summed E-state index contributed by atoms with van der Waals surface area (Å²) < 4.78 is 17.5. The summed E-state index contributed by atoms with van der Waals surface area (Å²) in [5.41, 5.74) is -0.163. The topological polar surface area (TPSA) is 91.7 Å². The number of benzene rings is 1. The van der Waals surface area contributed by atoms with Crippen molar-refractivity contribution in [1.29, 1.82) is 0 Å². The Morgan fingerprint density at radius 1 is 1.38 bits per heavy atom. The summed E-state index contributed by atoms with van der Waals surface area (Å²) in [6, 6.07) is 6.50. The largest absolute Gasteiger partial charge is 0.481 e. The Hall–Kier alpha value is -3.03. The molecule has 0 spiro atoms. The number of carbonyl (C=O) groups is 1.